The summed E-state index contributed by atoms with van der Waals surface area (Å²) in [5.41, 5.74) is 9.00. The van der Waals surface area contributed by atoms with Gasteiger partial charge < -0.3 is 9.80 Å². The second-order valence-corrected chi connectivity index (χ2v) is 6.58. The van der Waals surface area contributed by atoms with E-state index in [1.807, 2.05) is 0 Å². The van der Waals surface area contributed by atoms with Gasteiger partial charge in [0.15, 0.2) is 11.6 Å². The van der Waals surface area contributed by atoms with Crippen molar-refractivity contribution in [3.05, 3.63) is 42.2 Å². The summed E-state index contributed by atoms with van der Waals surface area (Å²) in [7, 11) is 1.74. The van der Waals surface area contributed by atoms with Crippen molar-refractivity contribution in [3.8, 4) is 11.3 Å². The van der Waals surface area contributed by atoms with Gasteiger partial charge in [-0.25, -0.2) is 29.6 Å². The molecule has 3 N–H and O–H groups in total. The number of carbonyl (C=O) groups excluding carboxylic acids is 1. The lowest BCUT2D eigenvalue weighted by molar-refractivity contribution is -0.134. The summed E-state index contributed by atoms with van der Waals surface area (Å²) in [6.07, 6.45) is 1.29. The summed E-state index contributed by atoms with van der Waals surface area (Å²) >= 11 is 0. The smallest absolute Gasteiger partial charge is 0.242 e. The summed E-state index contributed by atoms with van der Waals surface area (Å²) < 4.78 is 28.0. The SMILES string of the molecule is CN(C(=O)C1CNNN1)C1CN(c2ncnc(-c3ccc(F)cc3)c2F)C1. The molecule has 27 heavy (non-hydrogen) atoms. The van der Waals surface area contributed by atoms with Gasteiger partial charge in [-0.1, -0.05) is 0 Å². The van der Waals surface area contributed by atoms with Crippen molar-refractivity contribution in [1.82, 2.24) is 31.3 Å². The van der Waals surface area contributed by atoms with Crippen molar-refractivity contribution in [2.75, 3.05) is 31.6 Å². The maximum Gasteiger partial charge on any atom is 0.242 e. The van der Waals surface area contributed by atoms with Gasteiger partial charge >= 0.3 is 0 Å². The molecule has 0 spiro atoms. The number of carbonyl (C=O) groups is 1. The van der Waals surface area contributed by atoms with E-state index in [9.17, 15) is 13.6 Å². The summed E-state index contributed by atoms with van der Waals surface area (Å²) in [4.78, 5) is 23.9. The first-order chi connectivity index (χ1) is 13.0. The van der Waals surface area contributed by atoms with Gasteiger partial charge in [0.05, 0.1) is 6.04 Å². The van der Waals surface area contributed by atoms with E-state index in [4.69, 9.17) is 0 Å². The molecule has 2 aliphatic heterocycles. The Morgan fingerprint density at radius 1 is 1.22 bits per heavy atom. The third-order valence-corrected chi connectivity index (χ3v) is 4.88. The lowest BCUT2D eigenvalue weighted by atomic mass is 10.1. The molecular formula is C17H19F2N7O. The Balaban J connectivity index is 1.45. The summed E-state index contributed by atoms with van der Waals surface area (Å²) in [6.45, 7) is 1.46. The van der Waals surface area contributed by atoms with Gasteiger partial charge in [-0.15, -0.1) is 0 Å². The van der Waals surface area contributed by atoms with E-state index in [1.54, 1.807) is 16.8 Å². The molecule has 0 aliphatic carbocycles. The van der Waals surface area contributed by atoms with Crippen LogP contribution >= 0.6 is 0 Å². The third-order valence-electron chi connectivity index (χ3n) is 4.88. The molecular weight excluding hydrogens is 356 g/mol. The van der Waals surface area contributed by atoms with Crippen LogP contribution in [0.4, 0.5) is 14.6 Å². The highest BCUT2D eigenvalue weighted by atomic mass is 19.1. The summed E-state index contributed by atoms with van der Waals surface area (Å²) in [5.74, 6) is -0.799. The average Bonchev–Trinajstić information content (AvgIpc) is 3.16. The van der Waals surface area contributed by atoms with Crippen molar-refractivity contribution in [1.29, 1.82) is 0 Å². The van der Waals surface area contributed by atoms with E-state index < -0.39 is 11.6 Å². The topological polar surface area (TPSA) is 85.4 Å². The minimum Gasteiger partial charge on any atom is -0.350 e. The first-order valence-electron chi connectivity index (χ1n) is 8.56. The predicted octanol–water partition coefficient (Wildman–Crippen LogP) is 0.0498. The highest BCUT2D eigenvalue weighted by Gasteiger charge is 2.37. The highest BCUT2D eigenvalue weighted by molar-refractivity contribution is 5.82. The van der Waals surface area contributed by atoms with Crippen LogP contribution in [-0.4, -0.2) is 59.5 Å². The number of rotatable bonds is 4. The summed E-state index contributed by atoms with van der Waals surface area (Å²) in [6, 6.07) is 5.13. The van der Waals surface area contributed by atoms with Crippen molar-refractivity contribution in [3.63, 3.8) is 0 Å². The standard InChI is InChI=1S/C17H19F2N7O/c1-25(17(27)13-6-22-24-23-13)12-7-26(8-12)16-14(19)15(20-9-21-16)10-2-4-11(18)5-3-10/h2-5,9,12-13,22-24H,6-8H2,1H3. The van der Waals surface area contributed by atoms with Crippen LogP contribution in [0.25, 0.3) is 11.3 Å². The van der Waals surface area contributed by atoms with E-state index in [0.29, 0.717) is 25.2 Å². The second-order valence-electron chi connectivity index (χ2n) is 6.58. The molecule has 2 aliphatic rings. The number of hydrogen-bond acceptors (Lipinski definition) is 7. The fourth-order valence-electron chi connectivity index (χ4n) is 3.18. The zero-order valence-corrected chi connectivity index (χ0v) is 14.6. The number of halogens is 2. The molecule has 1 aromatic heterocycles. The number of likely N-dealkylation sites (N-methyl/N-ethyl adjacent to an activating group) is 1. The molecule has 0 bridgehead atoms. The monoisotopic (exact) mass is 375 g/mol. The molecule has 0 radical (unpaired) electrons. The molecule has 142 valence electrons. The van der Waals surface area contributed by atoms with Gasteiger partial charge in [0.25, 0.3) is 0 Å². The Morgan fingerprint density at radius 2 is 1.96 bits per heavy atom. The van der Waals surface area contributed by atoms with Crippen molar-refractivity contribution in [2.45, 2.75) is 12.1 Å². The summed E-state index contributed by atoms with van der Waals surface area (Å²) in [5, 5.41) is 0. The van der Waals surface area contributed by atoms with Gasteiger partial charge in [0.1, 0.15) is 23.9 Å². The molecule has 2 fully saturated rings. The Labute approximate surface area is 154 Å². The number of hydrogen-bond donors (Lipinski definition) is 3. The van der Waals surface area contributed by atoms with Crippen LogP contribution in [0.15, 0.2) is 30.6 Å². The average molecular weight is 375 g/mol. The minimum atomic E-state index is -0.553. The van der Waals surface area contributed by atoms with Crippen LogP contribution in [0.2, 0.25) is 0 Å². The normalized spacial score (nSPS) is 19.8. The fourth-order valence-corrected chi connectivity index (χ4v) is 3.18. The molecule has 1 unspecified atom stereocenters. The van der Waals surface area contributed by atoms with Crippen molar-refractivity contribution < 1.29 is 13.6 Å². The van der Waals surface area contributed by atoms with Crippen molar-refractivity contribution in [2.24, 2.45) is 0 Å². The maximum absolute atomic E-state index is 14.9. The van der Waals surface area contributed by atoms with E-state index in [-0.39, 0.29) is 29.5 Å². The predicted molar refractivity (Wildman–Crippen MR) is 94.2 cm³/mol. The van der Waals surface area contributed by atoms with Crippen molar-refractivity contribution >= 4 is 11.7 Å². The first kappa shape index (κ1) is 17.7. The quantitative estimate of drug-likeness (QED) is 0.696. The van der Waals surface area contributed by atoms with Gasteiger partial charge in [0, 0.05) is 32.2 Å². The molecule has 2 saturated heterocycles. The van der Waals surface area contributed by atoms with E-state index in [0.717, 1.165) is 0 Å². The van der Waals surface area contributed by atoms with Crippen LogP contribution in [0, 0.1) is 11.6 Å². The van der Waals surface area contributed by atoms with E-state index >= 15 is 0 Å². The number of benzene rings is 1. The Bertz CT molecular complexity index is 836. The molecule has 1 atom stereocenters. The molecule has 4 rings (SSSR count). The second kappa shape index (κ2) is 7.14. The van der Waals surface area contributed by atoms with Gasteiger partial charge in [-0.3, -0.25) is 4.79 Å². The lowest BCUT2D eigenvalue weighted by Crippen LogP contribution is -2.62. The zero-order chi connectivity index (χ0) is 19.0. The van der Waals surface area contributed by atoms with E-state index in [1.165, 1.54) is 30.6 Å². The Kier molecular flexibility index (Phi) is 4.68. The molecule has 0 saturated carbocycles. The Hall–Kier alpha value is -2.69. The number of nitrogens with one attached hydrogen (secondary N) is 3. The molecule has 2 aromatic rings. The van der Waals surface area contributed by atoms with Gasteiger partial charge in [0.2, 0.25) is 5.91 Å². The fraction of sp³-hybridized carbons (Fsp3) is 0.353. The largest absolute Gasteiger partial charge is 0.350 e. The molecule has 1 amide bonds. The number of nitrogens with zero attached hydrogens (tertiary/aromatic N) is 4. The first-order valence-corrected chi connectivity index (χ1v) is 8.56. The van der Waals surface area contributed by atoms with Crippen LogP contribution in [-0.2, 0) is 4.79 Å². The van der Waals surface area contributed by atoms with Crippen LogP contribution < -0.4 is 21.3 Å². The number of hydrazine groups is 2. The number of anilines is 1. The lowest BCUT2D eigenvalue weighted by Gasteiger charge is -2.45. The molecule has 1 aromatic carbocycles. The number of aromatic nitrogens is 2. The molecule has 3 heterocycles. The van der Waals surface area contributed by atoms with E-state index in [2.05, 4.69) is 26.4 Å². The van der Waals surface area contributed by atoms with Crippen LogP contribution in [0.5, 0.6) is 0 Å². The zero-order valence-electron chi connectivity index (χ0n) is 14.6. The van der Waals surface area contributed by atoms with Crippen LogP contribution in [0.1, 0.15) is 0 Å². The van der Waals surface area contributed by atoms with Crippen LogP contribution in [0.3, 0.4) is 0 Å². The Morgan fingerprint density at radius 3 is 2.63 bits per heavy atom. The molecule has 8 nitrogen and oxygen atoms in total. The third kappa shape index (κ3) is 3.34. The minimum absolute atomic E-state index is 0.0245. The van der Waals surface area contributed by atoms with Gasteiger partial charge in [-0.05, 0) is 24.3 Å². The molecule has 10 heteroatoms. The highest BCUT2D eigenvalue weighted by Crippen LogP contribution is 2.29. The number of amides is 1. The van der Waals surface area contributed by atoms with Gasteiger partial charge in [-0.2, -0.15) is 5.53 Å². The maximum atomic E-state index is 14.9.